The molecular weight excluding hydrogens is 372 g/mol. The Morgan fingerprint density at radius 1 is 0.857 bits per heavy atom. The van der Waals surface area contributed by atoms with Crippen molar-refractivity contribution >= 4 is 23.5 Å². The molecule has 0 heterocycles. The van der Waals surface area contributed by atoms with Crippen LogP contribution in [0.3, 0.4) is 0 Å². The van der Waals surface area contributed by atoms with E-state index < -0.39 is 11.2 Å². The third-order valence-electron chi connectivity index (χ3n) is 4.07. The Bertz CT molecular complexity index is 908. The largest absolute Gasteiger partial charge is 0.497 e. The van der Waals surface area contributed by atoms with Crippen molar-refractivity contribution in [3.05, 3.63) is 96.1 Å². The normalized spacial score (nSPS) is 11.5. The maximum atomic E-state index is 12.8. The Morgan fingerprint density at radius 3 is 2.07 bits per heavy atom. The molecule has 0 amide bonds. The van der Waals surface area contributed by atoms with Crippen LogP contribution in [0.15, 0.2) is 89.8 Å². The Morgan fingerprint density at radius 2 is 1.46 bits per heavy atom. The van der Waals surface area contributed by atoms with Crippen molar-refractivity contribution in [3.8, 4) is 5.75 Å². The number of hydrogen-bond acceptors (Lipinski definition) is 5. The van der Waals surface area contributed by atoms with Gasteiger partial charge in [0.1, 0.15) is 11.0 Å². The van der Waals surface area contributed by atoms with Crippen LogP contribution in [0.5, 0.6) is 5.75 Å². The molecule has 28 heavy (non-hydrogen) atoms. The number of thioether (sulfide) groups is 1. The first-order chi connectivity index (χ1) is 13.7. The number of methoxy groups -OCH3 is 1. The van der Waals surface area contributed by atoms with Gasteiger partial charge in [-0.15, -0.1) is 11.8 Å². The first-order valence-electron chi connectivity index (χ1n) is 8.78. The maximum absolute atomic E-state index is 12.8. The zero-order chi connectivity index (χ0) is 19.8. The van der Waals surface area contributed by atoms with Gasteiger partial charge in [0.2, 0.25) is 0 Å². The fourth-order valence-corrected chi connectivity index (χ4v) is 3.63. The van der Waals surface area contributed by atoms with Crippen LogP contribution in [0.1, 0.15) is 21.2 Å². The smallest absolute Gasteiger partial charge is 0.324 e. The van der Waals surface area contributed by atoms with Crippen LogP contribution in [-0.2, 0) is 9.53 Å². The standard InChI is InChI=1S/C23H20O4S/c1-26-19-14-12-17(13-15-19)21(24)16-27-23(25)22(18-8-4-2-5-9-18)28-20-10-6-3-7-11-20/h2-15,22H,16H2,1H3. The van der Waals surface area contributed by atoms with E-state index in [1.54, 1.807) is 31.4 Å². The number of carbonyl (C=O) groups is 2. The molecule has 142 valence electrons. The van der Waals surface area contributed by atoms with E-state index in [4.69, 9.17) is 9.47 Å². The summed E-state index contributed by atoms with van der Waals surface area (Å²) in [7, 11) is 1.56. The van der Waals surface area contributed by atoms with Crippen molar-refractivity contribution in [3.63, 3.8) is 0 Å². The molecule has 0 aliphatic rings. The zero-order valence-electron chi connectivity index (χ0n) is 15.4. The first kappa shape index (κ1) is 19.7. The number of carbonyl (C=O) groups excluding carboxylic acids is 2. The number of esters is 1. The second-order valence-electron chi connectivity index (χ2n) is 5.98. The molecule has 0 aromatic heterocycles. The molecule has 0 aliphatic heterocycles. The summed E-state index contributed by atoms with van der Waals surface area (Å²) < 4.78 is 10.4. The third-order valence-corrected chi connectivity index (χ3v) is 5.32. The van der Waals surface area contributed by atoms with Gasteiger partial charge in [-0.3, -0.25) is 9.59 Å². The van der Waals surface area contributed by atoms with Gasteiger partial charge in [0, 0.05) is 10.5 Å². The summed E-state index contributed by atoms with van der Waals surface area (Å²) in [6.45, 7) is -0.302. The number of rotatable bonds is 8. The summed E-state index contributed by atoms with van der Waals surface area (Å²) in [5.41, 5.74) is 1.30. The molecule has 3 aromatic rings. The average Bonchev–Trinajstić information content (AvgIpc) is 2.77. The van der Waals surface area contributed by atoms with E-state index in [1.165, 1.54) is 11.8 Å². The predicted molar refractivity (Wildman–Crippen MR) is 110 cm³/mol. The van der Waals surface area contributed by atoms with E-state index in [0.29, 0.717) is 11.3 Å². The summed E-state index contributed by atoms with van der Waals surface area (Å²) in [6.07, 6.45) is 0. The van der Waals surface area contributed by atoms with Crippen LogP contribution in [0.25, 0.3) is 0 Å². The Balaban J connectivity index is 1.69. The molecule has 0 spiro atoms. The fraction of sp³-hybridized carbons (Fsp3) is 0.130. The summed E-state index contributed by atoms with van der Waals surface area (Å²) in [5, 5.41) is -0.549. The van der Waals surface area contributed by atoms with Gasteiger partial charge in [-0.05, 0) is 42.0 Å². The highest BCUT2D eigenvalue weighted by Crippen LogP contribution is 2.36. The number of hydrogen-bond donors (Lipinski definition) is 0. The van der Waals surface area contributed by atoms with Gasteiger partial charge < -0.3 is 9.47 Å². The van der Waals surface area contributed by atoms with E-state index in [1.807, 2.05) is 60.7 Å². The summed E-state index contributed by atoms with van der Waals surface area (Å²) in [6, 6.07) is 25.8. The van der Waals surface area contributed by atoms with Gasteiger partial charge in [0.25, 0.3) is 0 Å². The lowest BCUT2D eigenvalue weighted by molar-refractivity contribution is -0.142. The molecule has 0 bridgehead atoms. The second-order valence-corrected chi connectivity index (χ2v) is 7.16. The average molecular weight is 392 g/mol. The highest BCUT2D eigenvalue weighted by molar-refractivity contribution is 8.00. The van der Waals surface area contributed by atoms with Gasteiger partial charge in [0.05, 0.1) is 7.11 Å². The van der Waals surface area contributed by atoms with Crippen LogP contribution in [-0.4, -0.2) is 25.5 Å². The molecule has 0 saturated carbocycles. The molecule has 3 rings (SSSR count). The zero-order valence-corrected chi connectivity index (χ0v) is 16.2. The topological polar surface area (TPSA) is 52.6 Å². The molecule has 0 saturated heterocycles. The van der Waals surface area contributed by atoms with Crippen LogP contribution in [0.2, 0.25) is 0 Å². The van der Waals surface area contributed by atoms with E-state index in [0.717, 1.165) is 10.5 Å². The molecule has 0 N–H and O–H groups in total. The summed E-state index contributed by atoms with van der Waals surface area (Å²) in [5.74, 6) is -0.0358. The van der Waals surface area contributed by atoms with Gasteiger partial charge >= 0.3 is 5.97 Å². The maximum Gasteiger partial charge on any atom is 0.324 e. The number of ether oxygens (including phenoxy) is 2. The van der Waals surface area contributed by atoms with Crippen molar-refractivity contribution in [2.75, 3.05) is 13.7 Å². The van der Waals surface area contributed by atoms with Crippen LogP contribution in [0.4, 0.5) is 0 Å². The van der Waals surface area contributed by atoms with Crippen LogP contribution in [0, 0.1) is 0 Å². The van der Waals surface area contributed by atoms with E-state index in [-0.39, 0.29) is 12.4 Å². The highest BCUT2D eigenvalue weighted by atomic mass is 32.2. The predicted octanol–water partition coefficient (Wildman–Crippen LogP) is 4.95. The molecule has 1 unspecified atom stereocenters. The first-order valence-corrected chi connectivity index (χ1v) is 9.66. The number of benzene rings is 3. The van der Waals surface area contributed by atoms with Crippen LogP contribution < -0.4 is 4.74 Å². The lowest BCUT2D eigenvalue weighted by Crippen LogP contribution is -2.18. The van der Waals surface area contributed by atoms with Crippen LogP contribution >= 0.6 is 11.8 Å². The third kappa shape index (κ3) is 5.24. The van der Waals surface area contributed by atoms with Crippen molar-refractivity contribution in [2.24, 2.45) is 0 Å². The highest BCUT2D eigenvalue weighted by Gasteiger charge is 2.24. The minimum absolute atomic E-state index is 0.257. The monoisotopic (exact) mass is 392 g/mol. The lowest BCUT2D eigenvalue weighted by atomic mass is 10.1. The van der Waals surface area contributed by atoms with Crippen molar-refractivity contribution in [2.45, 2.75) is 10.1 Å². The molecule has 0 radical (unpaired) electrons. The Hall–Kier alpha value is -3.05. The lowest BCUT2D eigenvalue weighted by Gasteiger charge is -2.16. The van der Waals surface area contributed by atoms with Crippen molar-refractivity contribution in [1.29, 1.82) is 0 Å². The van der Waals surface area contributed by atoms with E-state index >= 15 is 0 Å². The van der Waals surface area contributed by atoms with Gasteiger partial charge in [-0.25, -0.2) is 0 Å². The SMILES string of the molecule is COc1ccc(C(=O)COC(=O)C(Sc2ccccc2)c2ccccc2)cc1. The minimum Gasteiger partial charge on any atom is -0.497 e. The van der Waals surface area contributed by atoms with Crippen molar-refractivity contribution in [1.82, 2.24) is 0 Å². The summed E-state index contributed by atoms with van der Waals surface area (Å²) >= 11 is 1.40. The quantitative estimate of drug-likeness (QED) is 0.308. The molecule has 0 fully saturated rings. The second kappa shape index (κ2) is 9.76. The Kier molecular flexibility index (Phi) is 6.87. The van der Waals surface area contributed by atoms with E-state index in [9.17, 15) is 9.59 Å². The molecular formula is C23H20O4S. The molecule has 4 nitrogen and oxygen atoms in total. The molecule has 0 aliphatic carbocycles. The van der Waals surface area contributed by atoms with Gasteiger partial charge in [-0.1, -0.05) is 48.5 Å². The minimum atomic E-state index is -0.549. The van der Waals surface area contributed by atoms with Crippen molar-refractivity contribution < 1.29 is 19.1 Å². The molecule has 1 atom stereocenters. The summed E-state index contributed by atoms with van der Waals surface area (Å²) in [4.78, 5) is 26.1. The number of ketones is 1. The van der Waals surface area contributed by atoms with Gasteiger partial charge in [-0.2, -0.15) is 0 Å². The molecule has 5 heteroatoms. The Labute approximate surface area is 168 Å². The fourth-order valence-electron chi connectivity index (χ4n) is 2.59. The van der Waals surface area contributed by atoms with Gasteiger partial charge in [0.15, 0.2) is 12.4 Å². The number of Topliss-reactive ketones (excluding diaryl/α,β-unsaturated/α-hetero) is 1. The molecule has 3 aromatic carbocycles. The van der Waals surface area contributed by atoms with E-state index in [2.05, 4.69) is 0 Å².